The van der Waals surface area contributed by atoms with Crippen molar-refractivity contribution in [1.82, 2.24) is 14.9 Å². The summed E-state index contributed by atoms with van der Waals surface area (Å²) in [5, 5.41) is 12.7. The molecule has 5 nitrogen and oxygen atoms in total. The zero-order valence-electron chi connectivity index (χ0n) is 10.0. The molecular formula is C10H16ClFN4O. The highest BCUT2D eigenvalue weighted by Gasteiger charge is 2.21. The Kier molecular flexibility index (Phi) is 4.62. The number of hydrogen-bond acceptors (Lipinski definition) is 5. The van der Waals surface area contributed by atoms with E-state index >= 15 is 0 Å². The number of nitrogens with zero attached hydrogens (tertiary/aromatic N) is 3. The van der Waals surface area contributed by atoms with Crippen molar-refractivity contribution in [3.63, 3.8) is 0 Å². The standard InChI is InChI=1S/C10H16ClFN4O/c1-10(17,6-16(2)3)5-14-8-7(12)4-13-9(11)15-8/h4,17H,5-6H2,1-3H3,(H,13,14,15). The van der Waals surface area contributed by atoms with E-state index < -0.39 is 11.4 Å². The van der Waals surface area contributed by atoms with Gasteiger partial charge in [0.15, 0.2) is 11.6 Å². The minimum absolute atomic E-state index is 0.0102. The summed E-state index contributed by atoms with van der Waals surface area (Å²) in [6, 6.07) is 0. The molecule has 1 unspecified atom stereocenters. The molecule has 0 fully saturated rings. The van der Waals surface area contributed by atoms with E-state index in [0.717, 1.165) is 6.20 Å². The molecule has 0 amide bonds. The first-order valence-corrected chi connectivity index (χ1v) is 5.47. The second-order valence-corrected chi connectivity index (χ2v) is 4.76. The fourth-order valence-electron chi connectivity index (χ4n) is 1.48. The maximum absolute atomic E-state index is 13.3. The lowest BCUT2D eigenvalue weighted by molar-refractivity contribution is 0.0458. The third-order valence-electron chi connectivity index (χ3n) is 2.01. The average Bonchev–Trinajstić information content (AvgIpc) is 2.17. The van der Waals surface area contributed by atoms with Crippen molar-refractivity contribution in [3.05, 3.63) is 17.3 Å². The molecule has 1 aromatic heterocycles. The summed E-state index contributed by atoms with van der Waals surface area (Å²) in [5.41, 5.74) is -0.993. The summed E-state index contributed by atoms with van der Waals surface area (Å²) < 4.78 is 13.3. The van der Waals surface area contributed by atoms with Gasteiger partial charge in [-0.25, -0.2) is 9.37 Å². The molecule has 7 heteroatoms. The van der Waals surface area contributed by atoms with E-state index in [1.165, 1.54) is 0 Å². The van der Waals surface area contributed by atoms with Gasteiger partial charge in [0.25, 0.3) is 0 Å². The van der Waals surface area contributed by atoms with Crippen molar-refractivity contribution in [2.24, 2.45) is 0 Å². The topological polar surface area (TPSA) is 61.3 Å². The van der Waals surface area contributed by atoms with Crippen LogP contribution in [0.15, 0.2) is 6.20 Å². The SMILES string of the molecule is CN(C)CC(C)(O)CNc1nc(Cl)ncc1F. The zero-order valence-corrected chi connectivity index (χ0v) is 10.8. The molecule has 0 radical (unpaired) electrons. The molecule has 0 bridgehead atoms. The molecule has 1 atom stereocenters. The molecule has 1 aromatic rings. The highest BCUT2D eigenvalue weighted by molar-refractivity contribution is 6.28. The summed E-state index contributed by atoms with van der Waals surface area (Å²) in [5.74, 6) is -0.612. The van der Waals surface area contributed by atoms with Gasteiger partial charge in [-0.3, -0.25) is 0 Å². The molecule has 1 rings (SSSR count). The van der Waals surface area contributed by atoms with Gasteiger partial charge in [0, 0.05) is 13.1 Å². The Morgan fingerprint density at radius 1 is 1.59 bits per heavy atom. The van der Waals surface area contributed by atoms with Gasteiger partial charge in [-0.15, -0.1) is 0 Å². The second-order valence-electron chi connectivity index (χ2n) is 4.42. The summed E-state index contributed by atoms with van der Waals surface area (Å²) in [6.45, 7) is 2.26. The Morgan fingerprint density at radius 3 is 2.82 bits per heavy atom. The zero-order chi connectivity index (χ0) is 13.1. The normalized spacial score (nSPS) is 14.8. The molecule has 2 N–H and O–H groups in total. The molecule has 0 aromatic carbocycles. The van der Waals surface area contributed by atoms with Crippen LogP contribution in [0.3, 0.4) is 0 Å². The van der Waals surface area contributed by atoms with Crippen LogP contribution in [0.1, 0.15) is 6.92 Å². The molecule has 0 saturated heterocycles. The van der Waals surface area contributed by atoms with Gasteiger partial charge in [0.05, 0.1) is 11.8 Å². The summed E-state index contributed by atoms with van der Waals surface area (Å²) in [6.07, 6.45) is 0.984. The molecule has 1 heterocycles. The largest absolute Gasteiger partial charge is 0.387 e. The van der Waals surface area contributed by atoms with Crippen LogP contribution in [0, 0.1) is 5.82 Å². The highest BCUT2D eigenvalue weighted by Crippen LogP contribution is 2.13. The summed E-state index contributed by atoms with van der Waals surface area (Å²) in [4.78, 5) is 9.04. The van der Waals surface area contributed by atoms with E-state index in [9.17, 15) is 9.50 Å². The monoisotopic (exact) mass is 262 g/mol. The number of aliphatic hydroxyl groups is 1. The Balaban J connectivity index is 2.63. The fourth-order valence-corrected chi connectivity index (χ4v) is 1.61. The van der Waals surface area contributed by atoms with Crippen LogP contribution in [0.25, 0.3) is 0 Å². The van der Waals surface area contributed by atoms with E-state index in [0.29, 0.717) is 6.54 Å². The molecule has 96 valence electrons. The van der Waals surface area contributed by atoms with Gasteiger partial charge in [-0.05, 0) is 32.6 Å². The maximum atomic E-state index is 13.3. The van der Waals surface area contributed by atoms with Crippen molar-refractivity contribution in [2.45, 2.75) is 12.5 Å². The van der Waals surface area contributed by atoms with Gasteiger partial charge in [0.2, 0.25) is 5.28 Å². The maximum Gasteiger partial charge on any atom is 0.224 e. The quantitative estimate of drug-likeness (QED) is 0.775. The van der Waals surface area contributed by atoms with E-state index in [-0.39, 0.29) is 17.6 Å². The van der Waals surface area contributed by atoms with Gasteiger partial charge >= 0.3 is 0 Å². The number of anilines is 1. The summed E-state index contributed by atoms with van der Waals surface area (Å²) >= 11 is 5.55. The summed E-state index contributed by atoms with van der Waals surface area (Å²) in [7, 11) is 3.69. The number of rotatable bonds is 5. The Bertz CT molecular complexity index is 387. The fraction of sp³-hybridized carbons (Fsp3) is 0.600. The van der Waals surface area contributed by atoms with Gasteiger partial charge in [-0.2, -0.15) is 4.98 Å². The van der Waals surface area contributed by atoms with Crippen LogP contribution in [0.5, 0.6) is 0 Å². The van der Waals surface area contributed by atoms with Crippen molar-refractivity contribution in [2.75, 3.05) is 32.5 Å². The van der Waals surface area contributed by atoms with Gasteiger partial charge in [0.1, 0.15) is 0 Å². The molecule has 17 heavy (non-hydrogen) atoms. The van der Waals surface area contributed by atoms with Crippen LogP contribution in [-0.4, -0.2) is 52.8 Å². The predicted molar refractivity (Wildman–Crippen MR) is 64.7 cm³/mol. The number of nitrogens with one attached hydrogen (secondary N) is 1. The molecule has 0 aliphatic rings. The number of likely N-dealkylation sites (N-methyl/N-ethyl adjacent to an activating group) is 1. The first-order valence-electron chi connectivity index (χ1n) is 5.09. The predicted octanol–water partition coefficient (Wildman–Crippen LogP) is 0.994. The van der Waals surface area contributed by atoms with E-state index in [1.54, 1.807) is 6.92 Å². The van der Waals surface area contributed by atoms with Crippen LogP contribution >= 0.6 is 11.6 Å². The van der Waals surface area contributed by atoms with Crippen molar-refractivity contribution < 1.29 is 9.50 Å². The smallest absolute Gasteiger partial charge is 0.224 e. The first-order chi connectivity index (χ1) is 7.80. The lowest BCUT2D eigenvalue weighted by Crippen LogP contribution is -2.43. The van der Waals surface area contributed by atoms with E-state index in [2.05, 4.69) is 15.3 Å². The number of aromatic nitrogens is 2. The minimum atomic E-state index is -0.993. The third kappa shape index (κ3) is 4.80. The highest BCUT2D eigenvalue weighted by atomic mass is 35.5. The van der Waals surface area contributed by atoms with Crippen LogP contribution in [-0.2, 0) is 0 Å². The van der Waals surface area contributed by atoms with Crippen molar-refractivity contribution in [1.29, 1.82) is 0 Å². The second kappa shape index (κ2) is 5.57. The van der Waals surface area contributed by atoms with Crippen LogP contribution < -0.4 is 5.32 Å². The lowest BCUT2D eigenvalue weighted by atomic mass is 10.1. The molecule has 0 aliphatic heterocycles. The minimum Gasteiger partial charge on any atom is -0.387 e. The third-order valence-corrected chi connectivity index (χ3v) is 2.19. The van der Waals surface area contributed by atoms with Crippen molar-refractivity contribution in [3.8, 4) is 0 Å². The van der Waals surface area contributed by atoms with E-state index in [4.69, 9.17) is 11.6 Å². The van der Waals surface area contributed by atoms with Gasteiger partial charge < -0.3 is 15.3 Å². The van der Waals surface area contributed by atoms with Crippen LogP contribution in [0.4, 0.5) is 10.2 Å². The first kappa shape index (κ1) is 14.1. The molecule has 0 aliphatic carbocycles. The molecule has 0 saturated carbocycles. The van der Waals surface area contributed by atoms with Crippen molar-refractivity contribution >= 4 is 17.4 Å². The van der Waals surface area contributed by atoms with Crippen LogP contribution in [0.2, 0.25) is 5.28 Å². The number of halogens is 2. The molecule has 0 spiro atoms. The molecular weight excluding hydrogens is 247 g/mol. The number of hydrogen-bond donors (Lipinski definition) is 2. The van der Waals surface area contributed by atoms with Gasteiger partial charge in [-0.1, -0.05) is 0 Å². The Morgan fingerprint density at radius 2 is 2.24 bits per heavy atom. The lowest BCUT2D eigenvalue weighted by Gasteiger charge is -2.27. The Labute approximate surface area is 105 Å². The van der Waals surface area contributed by atoms with E-state index in [1.807, 2.05) is 19.0 Å². The average molecular weight is 263 g/mol. The Hall–Kier alpha value is -0.980.